The molecule has 11 nitrogen and oxygen atoms in total. The van der Waals surface area contributed by atoms with Crippen LogP contribution >= 0.6 is 0 Å². The lowest BCUT2D eigenvalue weighted by Crippen LogP contribution is -2.35. The number of likely N-dealkylation sites (N-methyl/N-ethyl adjacent to an activating group) is 1. The molecule has 54 heavy (non-hydrogen) atoms. The molecule has 2 heterocycles. The van der Waals surface area contributed by atoms with Gasteiger partial charge in [-0.25, -0.2) is 0 Å². The van der Waals surface area contributed by atoms with Gasteiger partial charge in [-0.3, -0.25) is 14.4 Å². The number of hydrogen-bond acceptors (Lipinski definition) is 8. The Balaban J connectivity index is 1.27. The van der Waals surface area contributed by atoms with Crippen LogP contribution in [-0.2, 0) is 9.59 Å². The fraction of sp³-hybridized carbons (Fsp3) is 0.605. The van der Waals surface area contributed by atoms with Gasteiger partial charge in [-0.2, -0.15) is 0 Å². The topological polar surface area (TPSA) is 164 Å². The van der Waals surface area contributed by atoms with Gasteiger partial charge in [-0.15, -0.1) is 0 Å². The van der Waals surface area contributed by atoms with E-state index in [9.17, 15) is 29.7 Å². The number of aromatic amines is 1. The zero-order chi connectivity index (χ0) is 39.2. The summed E-state index contributed by atoms with van der Waals surface area (Å²) in [5.41, 5.74) is 4.34. The van der Waals surface area contributed by atoms with E-state index in [0.717, 1.165) is 56.6 Å². The predicted octanol–water partition coefficient (Wildman–Crippen LogP) is 6.69. The Morgan fingerprint density at radius 3 is 2.52 bits per heavy atom. The van der Waals surface area contributed by atoms with Gasteiger partial charge < -0.3 is 40.6 Å². The van der Waals surface area contributed by atoms with E-state index >= 15 is 0 Å². The van der Waals surface area contributed by atoms with E-state index in [2.05, 4.69) is 41.3 Å². The maximum absolute atomic E-state index is 13.1. The highest BCUT2D eigenvalue weighted by molar-refractivity contribution is 6.35. The van der Waals surface area contributed by atoms with E-state index in [1.54, 1.807) is 24.3 Å². The highest BCUT2D eigenvalue weighted by Crippen LogP contribution is 2.39. The number of aliphatic hydroxyl groups is 3. The Hall–Kier alpha value is -3.77. The van der Waals surface area contributed by atoms with Crippen LogP contribution < -0.4 is 15.4 Å². The molecule has 4 rings (SSSR count). The minimum atomic E-state index is -0.563. The maximum atomic E-state index is 13.1. The molecule has 1 saturated carbocycles. The molecule has 1 aromatic heterocycles. The van der Waals surface area contributed by atoms with Crippen molar-refractivity contribution >= 4 is 35.1 Å². The third-order valence-electron chi connectivity index (χ3n) is 11.2. The molecule has 2 amide bonds. The summed E-state index contributed by atoms with van der Waals surface area (Å²) in [6.07, 6.45) is 13.4. The van der Waals surface area contributed by atoms with Crippen molar-refractivity contribution in [2.75, 3.05) is 31.5 Å². The van der Waals surface area contributed by atoms with E-state index < -0.39 is 12.2 Å². The molecular formula is C43H64N4O7. The average molecular weight is 749 g/mol. The minimum absolute atomic E-state index is 0.0364. The second-order valence-corrected chi connectivity index (χ2v) is 15.0. The number of allylic oxidation sites excluding steroid dienone is 2. The van der Waals surface area contributed by atoms with Crippen LogP contribution in [-0.4, -0.2) is 87.5 Å². The number of aryl methyl sites for hydroxylation is 1. The number of aromatic nitrogens is 1. The molecule has 1 fully saturated rings. The summed E-state index contributed by atoms with van der Waals surface area (Å²) in [7, 11) is 0. The van der Waals surface area contributed by atoms with Crippen LogP contribution in [0.5, 0.6) is 5.75 Å². The van der Waals surface area contributed by atoms with Crippen molar-refractivity contribution in [2.45, 2.75) is 130 Å². The Morgan fingerprint density at radius 1 is 1.02 bits per heavy atom. The number of benzene rings is 1. The number of nitrogens with one attached hydrogen (secondary N) is 3. The third-order valence-corrected chi connectivity index (χ3v) is 11.2. The second-order valence-electron chi connectivity index (χ2n) is 15.0. The lowest BCUT2D eigenvalue weighted by molar-refractivity contribution is -0.134. The molecule has 0 bridgehead atoms. The Bertz CT molecular complexity index is 1610. The summed E-state index contributed by atoms with van der Waals surface area (Å²) in [5, 5.41) is 37.5. The number of amides is 2. The smallest absolute Gasteiger partial charge is 0.311 e. The number of aliphatic hydroxyl groups excluding tert-OH is 3. The van der Waals surface area contributed by atoms with Crippen molar-refractivity contribution in [2.24, 2.45) is 11.8 Å². The molecular weight excluding hydrogens is 684 g/mol. The molecule has 2 aromatic rings. The molecule has 0 spiro atoms. The molecule has 6 N–H and O–H groups in total. The van der Waals surface area contributed by atoms with Crippen LogP contribution in [0.2, 0.25) is 0 Å². The fourth-order valence-corrected chi connectivity index (χ4v) is 7.89. The number of carbonyl (C=O) groups is 3. The average Bonchev–Trinajstić information content (AvgIpc) is 3.71. The number of nitrogens with zero attached hydrogens (tertiary/aromatic N) is 1. The predicted molar refractivity (Wildman–Crippen MR) is 214 cm³/mol. The molecule has 2 aliphatic rings. The van der Waals surface area contributed by atoms with Gasteiger partial charge in [0.25, 0.3) is 11.8 Å². The summed E-state index contributed by atoms with van der Waals surface area (Å²) < 4.78 is 5.66. The van der Waals surface area contributed by atoms with Crippen LogP contribution in [0.15, 0.2) is 30.4 Å². The van der Waals surface area contributed by atoms with Gasteiger partial charge in [-0.1, -0.05) is 58.6 Å². The summed E-state index contributed by atoms with van der Waals surface area (Å²) >= 11 is 0. The fourth-order valence-electron chi connectivity index (χ4n) is 7.89. The highest BCUT2D eigenvalue weighted by atomic mass is 16.5. The normalized spacial score (nSPS) is 20.9. The van der Waals surface area contributed by atoms with Gasteiger partial charge >= 0.3 is 5.97 Å². The molecule has 11 heteroatoms. The van der Waals surface area contributed by atoms with Gasteiger partial charge in [0.1, 0.15) is 5.75 Å². The Morgan fingerprint density at radius 2 is 1.78 bits per heavy atom. The number of carbonyl (C=O) groups excluding carboxylic acids is 3. The van der Waals surface area contributed by atoms with Crippen LogP contribution in [0.3, 0.4) is 0 Å². The molecule has 0 saturated heterocycles. The number of H-pyrrole nitrogens is 1. The molecule has 1 aliphatic carbocycles. The van der Waals surface area contributed by atoms with E-state index in [1.807, 2.05) is 26.0 Å². The van der Waals surface area contributed by atoms with Crippen molar-refractivity contribution in [1.82, 2.24) is 15.2 Å². The third kappa shape index (κ3) is 11.9. The summed E-state index contributed by atoms with van der Waals surface area (Å²) in [5.74, 6) is -0.552. The van der Waals surface area contributed by atoms with Crippen LogP contribution in [0.4, 0.5) is 5.69 Å². The Kier molecular flexibility index (Phi) is 17.0. The Labute approximate surface area is 321 Å². The quantitative estimate of drug-likeness (QED) is 0.0255. The zero-order valence-electron chi connectivity index (χ0n) is 33.1. The number of fused-ring (bicyclic) bond motifs is 1. The first kappa shape index (κ1) is 43.0. The monoisotopic (exact) mass is 748 g/mol. The van der Waals surface area contributed by atoms with Gasteiger partial charge in [0.2, 0.25) is 0 Å². The lowest BCUT2D eigenvalue weighted by atomic mass is 9.85. The largest absolute Gasteiger partial charge is 0.427 e. The van der Waals surface area contributed by atoms with Crippen LogP contribution in [0, 0.1) is 25.7 Å². The van der Waals surface area contributed by atoms with Crippen molar-refractivity contribution < 1.29 is 34.4 Å². The number of ether oxygens (including phenoxy) is 1. The maximum Gasteiger partial charge on any atom is 0.311 e. The van der Waals surface area contributed by atoms with Crippen molar-refractivity contribution in [3.8, 4) is 5.75 Å². The highest BCUT2D eigenvalue weighted by Gasteiger charge is 2.40. The zero-order valence-corrected chi connectivity index (χ0v) is 33.1. The van der Waals surface area contributed by atoms with Crippen LogP contribution in [0.25, 0.3) is 11.6 Å². The molecule has 0 radical (unpaired) electrons. The molecule has 5 atom stereocenters. The number of unbranched alkanes of at least 4 members (excludes halogenated alkanes) is 4. The first-order chi connectivity index (χ1) is 26.0. The van der Waals surface area contributed by atoms with Crippen molar-refractivity contribution in [3.05, 3.63) is 58.4 Å². The summed E-state index contributed by atoms with van der Waals surface area (Å²) in [6, 6.07) is 5.07. The van der Waals surface area contributed by atoms with E-state index in [0.29, 0.717) is 78.9 Å². The first-order valence-corrected chi connectivity index (χ1v) is 20.2. The van der Waals surface area contributed by atoms with Crippen molar-refractivity contribution in [1.29, 1.82) is 0 Å². The standard InChI is InChI=1S/C43H64N4O7/c1-6-9-10-13-16-30(48)19-21-33-32(38(49)27-39(33)50)17-14-11-12-15-18-40(51)54-31-20-22-36-34(25-31)35(42(52)46-36)26-37-28(4)41(29(5)45-37)43(53)44-23-24-47(7-2)8-3/h11,14,20,22,25-26,30,32-33,38-39,45,48-50H,6-10,12-13,15-19,21,23-24,27H2,1-5H3,(H,44,53)(H,46,52)/b14-11-,35-26-/t30-,32+,33+,38-,39+/m0/s1. The van der Waals surface area contributed by atoms with Gasteiger partial charge in [0.05, 0.1) is 29.4 Å². The van der Waals surface area contributed by atoms with Gasteiger partial charge in [-0.05, 0) is 114 Å². The first-order valence-electron chi connectivity index (χ1n) is 20.2. The number of rotatable bonds is 22. The molecule has 0 unspecified atom stereocenters. The van der Waals surface area contributed by atoms with E-state index in [-0.39, 0.29) is 42.1 Å². The SMILES string of the molecule is CCCCCC[C@H](O)CC[C@@H]1[C@@H](C/C=C\CCCC(=O)Oc2ccc3c(c2)/C(=C/c2[nH]c(C)c(C(=O)NCCN(CC)CC)c2C)C(=O)N3)[C@@H](O)C[C@H]1O. The minimum Gasteiger partial charge on any atom is -0.427 e. The molecule has 298 valence electrons. The summed E-state index contributed by atoms with van der Waals surface area (Å²) in [6.45, 7) is 13.2. The van der Waals surface area contributed by atoms with Gasteiger partial charge in [0, 0.05) is 42.1 Å². The van der Waals surface area contributed by atoms with E-state index in [1.165, 1.54) is 6.42 Å². The number of hydrogen-bond donors (Lipinski definition) is 6. The molecule has 1 aliphatic heterocycles. The second kappa shape index (κ2) is 21.4. The number of esters is 1. The van der Waals surface area contributed by atoms with E-state index in [4.69, 9.17) is 4.74 Å². The van der Waals surface area contributed by atoms with Crippen LogP contribution in [0.1, 0.15) is 131 Å². The molecule has 1 aromatic carbocycles. The number of anilines is 1. The van der Waals surface area contributed by atoms with Crippen molar-refractivity contribution in [3.63, 3.8) is 0 Å². The van der Waals surface area contributed by atoms with Gasteiger partial charge in [0.15, 0.2) is 0 Å². The summed E-state index contributed by atoms with van der Waals surface area (Å²) in [4.78, 5) is 44.4. The lowest BCUT2D eigenvalue weighted by Gasteiger charge is -2.23.